The highest BCUT2D eigenvalue weighted by molar-refractivity contribution is 5.83. The molecule has 2 heterocycles. The fourth-order valence-electron chi connectivity index (χ4n) is 3.47. The highest BCUT2D eigenvalue weighted by Gasteiger charge is 2.17. The minimum atomic E-state index is -0.266. The quantitative estimate of drug-likeness (QED) is 0.480. The summed E-state index contributed by atoms with van der Waals surface area (Å²) in [5.41, 5.74) is 3.52. The third-order valence-electron chi connectivity index (χ3n) is 4.78. The number of aromatic amines is 2. The molecule has 0 aliphatic rings. The van der Waals surface area contributed by atoms with Gasteiger partial charge in [-0.25, -0.2) is 9.37 Å². The van der Waals surface area contributed by atoms with Crippen LogP contribution in [0.1, 0.15) is 28.7 Å². The summed E-state index contributed by atoms with van der Waals surface area (Å²) < 4.78 is 13.5. The zero-order chi connectivity index (χ0) is 19.5. The van der Waals surface area contributed by atoms with E-state index in [0.717, 1.165) is 22.0 Å². The fourth-order valence-corrected chi connectivity index (χ4v) is 3.47. The molecule has 4 rings (SSSR count). The summed E-state index contributed by atoms with van der Waals surface area (Å²) in [5.74, 6) is 0.302. The second kappa shape index (κ2) is 7.78. The van der Waals surface area contributed by atoms with Crippen LogP contribution in [0.2, 0.25) is 0 Å². The van der Waals surface area contributed by atoms with E-state index in [-0.39, 0.29) is 17.4 Å². The molecular formula is C22H21FN4O. The first-order valence-electron chi connectivity index (χ1n) is 9.19. The van der Waals surface area contributed by atoms with E-state index in [9.17, 15) is 9.18 Å². The molecule has 4 aromatic rings. The van der Waals surface area contributed by atoms with Gasteiger partial charge >= 0.3 is 0 Å². The molecule has 5 nitrogen and oxygen atoms in total. The molecular weight excluding hydrogens is 355 g/mol. The van der Waals surface area contributed by atoms with E-state index >= 15 is 0 Å². The molecule has 0 aliphatic heterocycles. The Balaban J connectivity index is 1.65. The number of fused-ring (bicyclic) bond motifs is 1. The first-order valence-corrected chi connectivity index (χ1v) is 9.19. The Bertz CT molecular complexity index is 1160. The number of hydrogen-bond donors (Lipinski definition) is 3. The smallest absolute Gasteiger partial charge is 0.251 e. The van der Waals surface area contributed by atoms with E-state index in [2.05, 4.69) is 26.3 Å². The van der Waals surface area contributed by atoms with Gasteiger partial charge in [-0.2, -0.15) is 0 Å². The maximum atomic E-state index is 13.5. The highest BCUT2D eigenvalue weighted by Crippen LogP contribution is 2.24. The van der Waals surface area contributed by atoms with Crippen molar-refractivity contribution in [2.45, 2.75) is 25.9 Å². The van der Waals surface area contributed by atoms with Crippen LogP contribution in [-0.4, -0.2) is 15.0 Å². The van der Waals surface area contributed by atoms with Crippen molar-refractivity contribution in [1.29, 1.82) is 0 Å². The van der Waals surface area contributed by atoms with Gasteiger partial charge in [-0.1, -0.05) is 30.3 Å². The molecule has 0 spiro atoms. The molecule has 1 atom stereocenters. The van der Waals surface area contributed by atoms with Crippen LogP contribution in [0.15, 0.2) is 65.6 Å². The maximum Gasteiger partial charge on any atom is 0.251 e. The van der Waals surface area contributed by atoms with Gasteiger partial charge in [0.2, 0.25) is 0 Å². The Labute approximate surface area is 161 Å². The van der Waals surface area contributed by atoms with Gasteiger partial charge < -0.3 is 15.3 Å². The van der Waals surface area contributed by atoms with E-state index in [1.807, 2.05) is 30.5 Å². The van der Waals surface area contributed by atoms with Crippen molar-refractivity contribution in [2.24, 2.45) is 0 Å². The zero-order valence-corrected chi connectivity index (χ0v) is 15.5. The molecule has 2 aromatic carbocycles. The summed E-state index contributed by atoms with van der Waals surface area (Å²) in [6.07, 6.45) is 2.64. The van der Waals surface area contributed by atoms with Gasteiger partial charge in [0, 0.05) is 29.7 Å². The van der Waals surface area contributed by atoms with E-state index < -0.39 is 0 Å². The van der Waals surface area contributed by atoms with E-state index in [1.165, 1.54) is 18.2 Å². The predicted octanol–water partition coefficient (Wildman–Crippen LogP) is 3.77. The number of H-pyrrole nitrogens is 2. The van der Waals surface area contributed by atoms with Crippen molar-refractivity contribution in [3.05, 3.63) is 99.6 Å². The normalized spacial score (nSPS) is 12.4. The topological polar surface area (TPSA) is 73.6 Å². The zero-order valence-electron chi connectivity index (χ0n) is 15.5. The second-order valence-electron chi connectivity index (χ2n) is 6.88. The molecule has 0 unspecified atom stereocenters. The van der Waals surface area contributed by atoms with Crippen LogP contribution < -0.4 is 10.9 Å². The van der Waals surface area contributed by atoms with E-state index in [1.54, 1.807) is 13.0 Å². The monoisotopic (exact) mass is 376 g/mol. The number of rotatable bonds is 6. The largest absolute Gasteiger partial charge is 0.361 e. The average molecular weight is 376 g/mol. The minimum absolute atomic E-state index is 0.181. The molecule has 142 valence electrons. The maximum absolute atomic E-state index is 13.5. The third kappa shape index (κ3) is 4.02. The number of nitrogens with one attached hydrogen (secondary N) is 3. The summed E-state index contributed by atoms with van der Waals surface area (Å²) >= 11 is 0. The molecule has 0 bridgehead atoms. The molecule has 3 N–H and O–H groups in total. The van der Waals surface area contributed by atoms with Crippen molar-refractivity contribution in [3.63, 3.8) is 0 Å². The molecule has 0 saturated carbocycles. The third-order valence-corrected chi connectivity index (χ3v) is 4.78. The number of benzene rings is 2. The lowest BCUT2D eigenvalue weighted by Crippen LogP contribution is -2.26. The van der Waals surface area contributed by atoms with E-state index in [0.29, 0.717) is 24.5 Å². The van der Waals surface area contributed by atoms with Crippen LogP contribution in [0.4, 0.5) is 4.39 Å². The van der Waals surface area contributed by atoms with Crippen LogP contribution in [0.3, 0.4) is 0 Å². The Kier molecular flexibility index (Phi) is 5.04. The van der Waals surface area contributed by atoms with Gasteiger partial charge in [0.1, 0.15) is 11.6 Å². The Hall–Kier alpha value is -3.25. The summed E-state index contributed by atoms with van der Waals surface area (Å²) in [6, 6.07) is 15.9. The van der Waals surface area contributed by atoms with E-state index in [4.69, 9.17) is 0 Å². The lowest BCUT2D eigenvalue weighted by atomic mass is 10.0. The van der Waals surface area contributed by atoms with Crippen LogP contribution in [-0.2, 0) is 13.0 Å². The Morgan fingerprint density at radius 2 is 2.00 bits per heavy atom. The lowest BCUT2D eigenvalue weighted by Gasteiger charge is -2.18. The summed E-state index contributed by atoms with van der Waals surface area (Å²) in [6.45, 7) is 2.23. The second-order valence-corrected chi connectivity index (χ2v) is 6.88. The van der Waals surface area contributed by atoms with Gasteiger partial charge in [-0.05, 0) is 42.7 Å². The van der Waals surface area contributed by atoms with Crippen LogP contribution in [0.25, 0.3) is 10.9 Å². The molecule has 0 amide bonds. The molecule has 0 fully saturated rings. The van der Waals surface area contributed by atoms with Gasteiger partial charge in [-0.3, -0.25) is 4.79 Å². The fraction of sp³-hybridized carbons (Fsp3) is 0.182. The number of aryl methyl sites for hydroxylation is 1. The average Bonchev–Trinajstić information content (AvgIpc) is 3.07. The number of aromatic nitrogens is 3. The summed E-state index contributed by atoms with van der Waals surface area (Å²) in [5, 5.41) is 4.58. The molecule has 2 aromatic heterocycles. The lowest BCUT2D eigenvalue weighted by molar-refractivity contribution is 0.514. The number of halogens is 1. The van der Waals surface area contributed by atoms with Crippen molar-refractivity contribution >= 4 is 10.9 Å². The predicted molar refractivity (Wildman–Crippen MR) is 108 cm³/mol. The minimum Gasteiger partial charge on any atom is -0.361 e. The molecule has 0 aliphatic carbocycles. The van der Waals surface area contributed by atoms with Crippen molar-refractivity contribution < 1.29 is 4.39 Å². The van der Waals surface area contributed by atoms with Gasteiger partial charge in [0.05, 0.1) is 11.7 Å². The number of para-hydroxylation sites is 1. The number of nitrogens with zero attached hydrogens (tertiary/aromatic N) is 1. The van der Waals surface area contributed by atoms with Crippen LogP contribution >= 0.6 is 0 Å². The Morgan fingerprint density at radius 3 is 2.82 bits per heavy atom. The molecule has 0 radical (unpaired) electrons. The first kappa shape index (κ1) is 18.1. The van der Waals surface area contributed by atoms with Gasteiger partial charge in [-0.15, -0.1) is 0 Å². The first-order chi connectivity index (χ1) is 13.6. The van der Waals surface area contributed by atoms with Crippen LogP contribution in [0.5, 0.6) is 0 Å². The molecule has 6 heteroatoms. The van der Waals surface area contributed by atoms with Gasteiger partial charge in [0.15, 0.2) is 0 Å². The van der Waals surface area contributed by atoms with Gasteiger partial charge in [0.25, 0.3) is 5.56 Å². The Morgan fingerprint density at radius 1 is 1.14 bits per heavy atom. The van der Waals surface area contributed by atoms with Crippen molar-refractivity contribution in [2.75, 3.05) is 0 Å². The summed E-state index contributed by atoms with van der Waals surface area (Å²) in [4.78, 5) is 22.5. The molecule has 28 heavy (non-hydrogen) atoms. The van der Waals surface area contributed by atoms with Crippen LogP contribution in [0, 0.1) is 12.7 Å². The van der Waals surface area contributed by atoms with Crippen molar-refractivity contribution in [1.82, 2.24) is 20.3 Å². The number of hydrogen-bond acceptors (Lipinski definition) is 3. The molecule has 0 saturated heterocycles. The summed E-state index contributed by atoms with van der Waals surface area (Å²) in [7, 11) is 0. The standard InChI is InChI=1S/C22H21FN4O/c1-14-26-21(11-22(28)27-14)20(24-12-15-5-4-6-17(23)9-15)10-16-13-25-19-8-3-2-7-18(16)19/h2-9,11,13,20,24-25H,10,12H2,1H3,(H,26,27,28)/t20-/m1/s1. The highest BCUT2D eigenvalue weighted by atomic mass is 19.1. The SMILES string of the molecule is Cc1nc([C@@H](Cc2c[nH]c3ccccc23)NCc2cccc(F)c2)cc(=O)[nH]1. The van der Waals surface area contributed by atoms with Crippen molar-refractivity contribution in [3.8, 4) is 0 Å².